The molecule has 0 saturated carbocycles. The number of hydrogen-bond donors (Lipinski definition) is 2. The van der Waals surface area contributed by atoms with Crippen molar-refractivity contribution in [1.82, 2.24) is 9.80 Å². The summed E-state index contributed by atoms with van der Waals surface area (Å²) in [4.78, 5) is 4.98. The van der Waals surface area contributed by atoms with Crippen LogP contribution in [0, 0.1) is 5.92 Å². The van der Waals surface area contributed by atoms with Gasteiger partial charge >= 0.3 is 0 Å². The Balaban J connectivity index is 1.63. The van der Waals surface area contributed by atoms with Crippen molar-refractivity contribution in [3.05, 3.63) is 0 Å². The predicted molar refractivity (Wildman–Crippen MR) is 69.9 cm³/mol. The van der Waals surface area contributed by atoms with E-state index in [1.54, 1.807) is 0 Å². The van der Waals surface area contributed by atoms with Gasteiger partial charge in [0, 0.05) is 19.6 Å². The maximum atomic E-state index is 9.53. The molecule has 100 valence electrons. The average molecular weight is 241 g/mol. The minimum absolute atomic E-state index is 0.342. The van der Waals surface area contributed by atoms with Gasteiger partial charge in [-0.25, -0.2) is 0 Å². The Kier molecular flexibility index (Phi) is 5.22. The molecule has 4 nitrogen and oxygen atoms in total. The molecule has 0 aromatic carbocycles. The highest BCUT2D eigenvalue weighted by molar-refractivity contribution is 4.78. The molecule has 0 bridgehead atoms. The van der Waals surface area contributed by atoms with Gasteiger partial charge in [-0.05, 0) is 57.8 Å². The zero-order chi connectivity index (χ0) is 12.1. The summed E-state index contributed by atoms with van der Waals surface area (Å²) in [6.07, 6.45) is 5.01. The number of aliphatic hydroxyl groups is 1. The second kappa shape index (κ2) is 6.69. The molecule has 0 aromatic heterocycles. The van der Waals surface area contributed by atoms with Crippen molar-refractivity contribution in [2.45, 2.75) is 31.8 Å². The van der Waals surface area contributed by atoms with Crippen LogP contribution >= 0.6 is 0 Å². The summed E-state index contributed by atoms with van der Waals surface area (Å²) in [7, 11) is 0. The van der Waals surface area contributed by atoms with E-state index in [9.17, 15) is 5.11 Å². The van der Waals surface area contributed by atoms with Crippen molar-refractivity contribution in [2.24, 2.45) is 11.7 Å². The van der Waals surface area contributed by atoms with E-state index in [2.05, 4.69) is 9.80 Å². The second-order valence-corrected chi connectivity index (χ2v) is 5.64. The Morgan fingerprint density at radius 3 is 2.29 bits per heavy atom. The Labute approximate surface area is 105 Å². The van der Waals surface area contributed by atoms with Crippen molar-refractivity contribution in [3.63, 3.8) is 0 Å². The molecule has 2 rings (SSSR count). The van der Waals surface area contributed by atoms with Gasteiger partial charge < -0.3 is 20.6 Å². The first-order valence-electron chi connectivity index (χ1n) is 7.11. The number of β-amino-alcohol motifs (C(OH)–C–C–N with tert-alkyl or cyclic N) is 1. The summed E-state index contributed by atoms with van der Waals surface area (Å²) in [5.74, 6) is 0.874. The molecule has 0 aromatic rings. The molecule has 2 heterocycles. The van der Waals surface area contributed by atoms with Crippen LogP contribution in [-0.4, -0.2) is 66.8 Å². The first kappa shape index (κ1) is 13.3. The number of nitrogens with two attached hydrogens (primary N) is 1. The monoisotopic (exact) mass is 241 g/mol. The second-order valence-electron chi connectivity index (χ2n) is 5.64. The molecule has 0 radical (unpaired) electrons. The summed E-state index contributed by atoms with van der Waals surface area (Å²) >= 11 is 0. The smallest absolute Gasteiger partial charge is 0.0789 e. The van der Waals surface area contributed by atoms with Crippen LogP contribution in [0.25, 0.3) is 0 Å². The number of likely N-dealkylation sites (tertiary alicyclic amines) is 2. The van der Waals surface area contributed by atoms with Gasteiger partial charge in [0.2, 0.25) is 0 Å². The lowest BCUT2D eigenvalue weighted by Crippen LogP contribution is -2.43. The normalized spacial score (nSPS) is 26.5. The Bertz CT molecular complexity index is 211. The van der Waals surface area contributed by atoms with Gasteiger partial charge in [-0.1, -0.05) is 0 Å². The van der Waals surface area contributed by atoms with Crippen LogP contribution in [0.4, 0.5) is 0 Å². The van der Waals surface area contributed by atoms with Gasteiger partial charge in [0.1, 0.15) is 0 Å². The Morgan fingerprint density at radius 2 is 1.71 bits per heavy atom. The molecule has 2 fully saturated rings. The molecule has 2 aliphatic heterocycles. The third kappa shape index (κ3) is 4.21. The summed E-state index contributed by atoms with van der Waals surface area (Å²) in [5, 5.41) is 9.53. The van der Waals surface area contributed by atoms with Crippen LogP contribution in [0.15, 0.2) is 0 Å². The molecule has 0 spiro atoms. The fourth-order valence-electron chi connectivity index (χ4n) is 3.05. The molecule has 1 unspecified atom stereocenters. The maximum absolute atomic E-state index is 9.53. The third-order valence-electron chi connectivity index (χ3n) is 4.16. The Hall–Kier alpha value is -0.160. The number of hydrogen-bond acceptors (Lipinski definition) is 4. The van der Waals surface area contributed by atoms with Crippen LogP contribution in [-0.2, 0) is 0 Å². The van der Waals surface area contributed by atoms with E-state index in [0.717, 1.165) is 25.6 Å². The summed E-state index contributed by atoms with van der Waals surface area (Å²) in [5.41, 5.74) is 5.44. The lowest BCUT2D eigenvalue weighted by molar-refractivity contribution is 0.0873. The van der Waals surface area contributed by atoms with E-state index in [0.29, 0.717) is 6.54 Å². The van der Waals surface area contributed by atoms with E-state index < -0.39 is 0 Å². The van der Waals surface area contributed by atoms with Crippen LogP contribution in [0.3, 0.4) is 0 Å². The van der Waals surface area contributed by atoms with Crippen LogP contribution < -0.4 is 5.73 Å². The van der Waals surface area contributed by atoms with Crippen molar-refractivity contribution in [3.8, 4) is 0 Å². The van der Waals surface area contributed by atoms with Crippen molar-refractivity contribution < 1.29 is 5.11 Å². The molecular weight excluding hydrogens is 214 g/mol. The zero-order valence-corrected chi connectivity index (χ0v) is 10.9. The molecule has 17 heavy (non-hydrogen) atoms. The first-order valence-corrected chi connectivity index (χ1v) is 7.11. The van der Waals surface area contributed by atoms with Gasteiger partial charge in [-0.3, -0.25) is 0 Å². The Morgan fingerprint density at radius 1 is 1.06 bits per heavy atom. The number of aliphatic hydroxyl groups excluding tert-OH is 1. The zero-order valence-electron chi connectivity index (χ0n) is 10.9. The first-order chi connectivity index (χ1) is 8.28. The molecule has 0 amide bonds. The van der Waals surface area contributed by atoms with E-state index in [-0.39, 0.29) is 6.10 Å². The molecule has 1 atom stereocenters. The largest absolute Gasteiger partial charge is 0.390 e. The summed E-state index contributed by atoms with van der Waals surface area (Å²) < 4.78 is 0. The SMILES string of the molecule is NCC(O)CN1CCC(CN2CCCC2)CC1. The van der Waals surface area contributed by atoms with E-state index in [4.69, 9.17) is 5.73 Å². The van der Waals surface area contributed by atoms with Crippen LogP contribution in [0.1, 0.15) is 25.7 Å². The lowest BCUT2D eigenvalue weighted by Gasteiger charge is -2.34. The minimum Gasteiger partial charge on any atom is -0.390 e. The third-order valence-corrected chi connectivity index (χ3v) is 4.16. The summed E-state index contributed by atoms with van der Waals surface area (Å²) in [6.45, 7) is 7.33. The van der Waals surface area contributed by atoms with Gasteiger partial charge in [0.25, 0.3) is 0 Å². The topological polar surface area (TPSA) is 52.7 Å². The number of piperidine rings is 1. The predicted octanol–water partition coefficient (Wildman–Crippen LogP) is 0.114. The molecule has 4 heteroatoms. The quantitative estimate of drug-likeness (QED) is 0.717. The number of nitrogens with zero attached hydrogens (tertiary/aromatic N) is 2. The maximum Gasteiger partial charge on any atom is 0.0789 e. The molecule has 0 aliphatic carbocycles. The highest BCUT2D eigenvalue weighted by Crippen LogP contribution is 2.20. The van der Waals surface area contributed by atoms with Crippen molar-refractivity contribution in [2.75, 3.05) is 45.8 Å². The standard InChI is InChI=1S/C13H27N3O/c14-9-13(17)11-16-7-3-12(4-8-16)10-15-5-1-2-6-15/h12-13,17H,1-11,14H2. The molecule has 2 aliphatic rings. The minimum atomic E-state index is -0.342. The number of rotatable bonds is 5. The lowest BCUT2D eigenvalue weighted by atomic mass is 9.96. The van der Waals surface area contributed by atoms with Gasteiger partial charge in [0.15, 0.2) is 0 Å². The van der Waals surface area contributed by atoms with Crippen molar-refractivity contribution >= 4 is 0 Å². The van der Waals surface area contributed by atoms with Crippen LogP contribution in [0.2, 0.25) is 0 Å². The van der Waals surface area contributed by atoms with Crippen molar-refractivity contribution in [1.29, 1.82) is 0 Å². The highest BCUT2D eigenvalue weighted by Gasteiger charge is 2.23. The molecular formula is C13H27N3O. The van der Waals surface area contributed by atoms with E-state index in [1.165, 1.54) is 45.3 Å². The van der Waals surface area contributed by atoms with Gasteiger partial charge in [-0.15, -0.1) is 0 Å². The van der Waals surface area contributed by atoms with Gasteiger partial charge in [-0.2, -0.15) is 0 Å². The fourth-order valence-corrected chi connectivity index (χ4v) is 3.05. The highest BCUT2D eigenvalue weighted by atomic mass is 16.3. The fraction of sp³-hybridized carbons (Fsp3) is 1.00. The van der Waals surface area contributed by atoms with Gasteiger partial charge in [0.05, 0.1) is 6.10 Å². The molecule has 3 N–H and O–H groups in total. The van der Waals surface area contributed by atoms with E-state index >= 15 is 0 Å². The molecule has 2 saturated heterocycles. The summed E-state index contributed by atoms with van der Waals surface area (Å²) in [6, 6.07) is 0. The van der Waals surface area contributed by atoms with E-state index in [1.807, 2.05) is 0 Å². The van der Waals surface area contributed by atoms with Crippen LogP contribution in [0.5, 0.6) is 0 Å². The average Bonchev–Trinajstić information content (AvgIpc) is 2.84.